The van der Waals surface area contributed by atoms with Crippen molar-refractivity contribution in [3.8, 4) is 0 Å². The van der Waals surface area contributed by atoms with E-state index in [-0.39, 0.29) is 12.5 Å². The summed E-state index contributed by atoms with van der Waals surface area (Å²) in [6.45, 7) is 5.36. The maximum atomic E-state index is 9.32. The van der Waals surface area contributed by atoms with Crippen molar-refractivity contribution < 1.29 is 25.2 Å². The van der Waals surface area contributed by atoms with Crippen LogP contribution in [0.3, 0.4) is 0 Å². The summed E-state index contributed by atoms with van der Waals surface area (Å²) >= 11 is 0. The topological polar surface area (TPSA) is 90.2 Å². The molecule has 0 saturated carbocycles. The molecule has 0 aliphatic carbocycles. The average Bonchev–Trinajstić information content (AvgIpc) is 2.23. The second kappa shape index (κ2) is 6.31. The first-order valence-electron chi connectivity index (χ1n) is 4.88. The van der Waals surface area contributed by atoms with E-state index in [0.717, 1.165) is 0 Å². The molecule has 4 N–H and O–H groups in total. The Morgan fingerprint density at radius 2 is 1.57 bits per heavy atom. The van der Waals surface area contributed by atoms with Gasteiger partial charge in [0.2, 0.25) is 0 Å². The summed E-state index contributed by atoms with van der Waals surface area (Å²) in [5.41, 5.74) is 0. The van der Waals surface area contributed by atoms with E-state index < -0.39 is 24.6 Å². The van der Waals surface area contributed by atoms with E-state index in [1.54, 1.807) is 6.92 Å². The minimum atomic E-state index is -1.41. The molecule has 1 heterocycles. The fraction of sp³-hybridized carbons (Fsp3) is 1.00. The van der Waals surface area contributed by atoms with Gasteiger partial charge in [0, 0.05) is 5.92 Å². The first-order valence-corrected chi connectivity index (χ1v) is 4.88. The number of aliphatic hydroxyl groups excluding tert-OH is 4. The molecule has 1 saturated heterocycles. The lowest BCUT2D eigenvalue weighted by molar-refractivity contribution is -0.271. The standard InChI is InChI=1S/C7H14O5.C2H6/c1-3-4(2-8)12-7(11)6(10)5(3)9;1-2/h3-11H,2H2,1H3;1-2H3. The van der Waals surface area contributed by atoms with Gasteiger partial charge < -0.3 is 25.2 Å². The molecule has 0 spiro atoms. The van der Waals surface area contributed by atoms with Crippen LogP contribution in [-0.4, -0.2) is 51.6 Å². The van der Waals surface area contributed by atoms with Gasteiger partial charge in [-0.3, -0.25) is 0 Å². The maximum absolute atomic E-state index is 9.32. The summed E-state index contributed by atoms with van der Waals surface area (Å²) in [6, 6.07) is 0. The highest BCUT2D eigenvalue weighted by molar-refractivity contribution is 4.85. The van der Waals surface area contributed by atoms with Gasteiger partial charge in [-0.1, -0.05) is 20.8 Å². The third-order valence-electron chi connectivity index (χ3n) is 2.26. The summed E-state index contributed by atoms with van der Waals surface area (Å²) in [6.07, 6.45) is -4.36. The highest BCUT2D eigenvalue weighted by atomic mass is 16.6. The lowest BCUT2D eigenvalue weighted by Gasteiger charge is -2.38. The lowest BCUT2D eigenvalue weighted by atomic mass is 9.91. The molecule has 86 valence electrons. The molecule has 14 heavy (non-hydrogen) atoms. The summed E-state index contributed by atoms with van der Waals surface area (Å²) in [7, 11) is 0. The number of hydrogen-bond donors (Lipinski definition) is 4. The van der Waals surface area contributed by atoms with Gasteiger partial charge in [-0.05, 0) is 0 Å². The molecule has 1 aliphatic heterocycles. The van der Waals surface area contributed by atoms with Gasteiger partial charge in [-0.25, -0.2) is 0 Å². The van der Waals surface area contributed by atoms with E-state index in [2.05, 4.69) is 0 Å². The zero-order chi connectivity index (χ0) is 11.3. The summed E-state index contributed by atoms with van der Waals surface area (Å²) in [4.78, 5) is 0. The monoisotopic (exact) mass is 208 g/mol. The van der Waals surface area contributed by atoms with Gasteiger partial charge in [0.25, 0.3) is 0 Å². The van der Waals surface area contributed by atoms with E-state index in [0.29, 0.717) is 0 Å². The van der Waals surface area contributed by atoms with Crippen molar-refractivity contribution in [2.45, 2.75) is 45.4 Å². The second-order valence-electron chi connectivity index (χ2n) is 3.09. The Morgan fingerprint density at radius 3 is 2.00 bits per heavy atom. The first kappa shape index (κ1) is 13.8. The molecular formula is C9H20O5. The molecule has 5 atom stereocenters. The Morgan fingerprint density at radius 1 is 1.07 bits per heavy atom. The Labute approximate surface area is 83.9 Å². The van der Waals surface area contributed by atoms with Crippen LogP contribution in [0, 0.1) is 5.92 Å². The van der Waals surface area contributed by atoms with Gasteiger partial charge in [0.15, 0.2) is 6.29 Å². The molecule has 1 rings (SSSR count). The second-order valence-corrected chi connectivity index (χ2v) is 3.09. The molecule has 0 radical (unpaired) electrons. The van der Waals surface area contributed by atoms with Gasteiger partial charge in [-0.2, -0.15) is 0 Å². The third-order valence-corrected chi connectivity index (χ3v) is 2.26. The van der Waals surface area contributed by atoms with Crippen molar-refractivity contribution in [2.75, 3.05) is 6.61 Å². The molecule has 0 aromatic carbocycles. The first-order chi connectivity index (χ1) is 6.57. The van der Waals surface area contributed by atoms with Crippen LogP contribution in [0.1, 0.15) is 20.8 Å². The zero-order valence-corrected chi connectivity index (χ0v) is 8.79. The minimum absolute atomic E-state index is 0.276. The number of ether oxygens (including phenoxy) is 1. The SMILES string of the molecule is CC.CC1C(CO)OC(O)C(O)C1O. The van der Waals surface area contributed by atoms with Crippen molar-refractivity contribution in [2.24, 2.45) is 5.92 Å². The van der Waals surface area contributed by atoms with Crippen LogP contribution in [0.15, 0.2) is 0 Å². The Balaban J connectivity index is 0.000000791. The van der Waals surface area contributed by atoms with Crippen LogP contribution < -0.4 is 0 Å². The maximum Gasteiger partial charge on any atom is 0.183 e. The summed E-state index contributed by atoms with van der Waals surface area (Å²) < 4.78 is 4.83. The third kappa shape index (κ3) is 2.90. The van der Waals surface area contributed by atoms with Gasteiger partial charge in [-0.15, -0.1) is 0 Å². The van der Waals surface area contributed by atoms with Gasteiger partial charge in [0.05, 0.1) is 18.8 Å². The molecular weight excluding hydrogens is 188 g/mol. The molecule has 0 bridgehead atoms. The minimum Gasteiger partial charge on any atom is -0.394 e. The van der Waals surface area contributed by atoms with E-state index in [9.17, 15) is 5.11 Å². The van der Waals surface area contributed by atoms with E-state index in [1.807, 2.05) is 13.8 Å². The highest BCUT2D eigenvalue weighted by Crippen LogP contribution is 2.24. The van der Waals surface area contributed by atoms with E-state index in [4.69, 9.17) is 20.1 Å². The largest absolute Gasteiger partial charge is 0.394 e. The number of aliphatic hydroxyl groups is 4. The molecule has 0 amide bonds. The van der Waals surface area contributed by atoms with Crippen LogP contribution >= 0.6 is 0 Å². The molecule has 5 unspecified atom stereocenters. The highest BCUT2D eigenvalue weighted by Gasteiger charge is 2.40. The molecule has 0 aromatic rings. The molecule has 1 fully saturated rings. The predicted molar refractivity (Wildman–Crippen MR) is 50.5 cm³/mol. The van der Waals surface area contributed by atoms with Gasteiger partial charge in [0.1, 0.15) is 6.10 Å². The fourth-order valence-electron chi connectivity index (χ4n) is 1.29. The van der Waals surface area contributed by atoms with Crippen molar-refractivity contribution in [3.05, 3.63) is 0 Å². The number of hydrogen-bond acceptors (Lipinski definition) is 5. The van der Waals surface area contributed by atoms with Crippen molar-refractivity contribution in [1.82, 2.24) is 0 Å². The Hall–Kier alpha value is -0.200. The predicted octanol–water partition coefficient (Wildman–Crippen LogP) is -0.920. The van der Waals surface area contributed by atoms with Gasteiger partial charge >= 0.3 is 0 Å². The van der Waals surface area contributed by atoms with Crippen molar-refractivity contribution >= 4 is 0 Å². The lowest BCUT2D eigenvalue weighted by Crippen LogP contribution is -2.54. The Kier molecular flexibility index (Phi) is 6.22. The molecule has 0 aromatic heterocycles. The molecule has 1 aliphatic rings. The van der Waals surface area contributed by atoms with Crippen LogP contribution in [-0.2, 0) is 4.74 Å². The van der Waals surface area contributed by atoms with E-state index >= 15 is 0 Å². The van der Waals surface area contributed by atoms with Crippen LogP contribution in [0.4, 0.5) is 0 Å². The van der Waals surface area contributed by atoms with Crippen LogP contribution in [0.25, 0.3) is 0 Å². The average molecular weight is 208 g/mol. The summed E-state index contributed by atoms with van der Waals surface area (Å²) in [5, 5.41) is 36.2. The molecule has 5 nitrogen and oxygen atoms in total. The van der Waals surface area contributed by atoms with E-state index in [1.165, 1.54) is 0 Å². The van der Waals surface area contributed by atoms with Crippen molar-refractivity contribution in [3.63, 3.8) is 0 Å². The Bertz CT molecular complexity index is 147. The fourth-order valence-corrected chi connectivity index (χ4v) is 1.29. The zero-order valence-electron chi connectivity index (χ0n) is 8.79. The van der Waals surface area contributed by atoms with Crippen LogP contribution in [0.2, 0.25) is 0 Å². The summed E-state index contributed by atoms with van der Waals surface area (Å²) in [5.74, 6) is -0.381. The number of rotatable bonds is 1. The smallest absolute Gasteiger partial charge is 0.183 e. The molecule has 5 heteroatoms. The van der Waals surface area contributed by atoms with Crippen molar-refractivity contribution in [1.29, 1.82) is 0 Å². The normalized spacial score (nSPS) is 42.6. The van der Waals surface area contributed by atoms with Crippen LogP contribution in [0.5, 0.6) is 0 Å². The quantitative estimate of drug-likeness (QED) is 0.447.